The van der Waals surface area contributed by atoms with Crippen LogP contribution >= 0.6 is 11.3 Å². The van der Waals surface area contributed by atoms with Crippen molar-refractivity contribution in [3.63, 3.8) is 0 Å². The summed E-state index contributed by atoms with van der Waals surface area (Å²) in [4.78, 5) is 17.7. The molecule has 0 aromatic carbocycles. The van der Waals surface area contributed by atoms with Crippen molar-refractivity contribution in [1.82, 2.24) is 19.9 Å². The second-order valence-electron chi connectivity index (χ2n) is 6.78. The van der Waals surface area contributed by atoms with E-state index in [9.17, 15) is 0 Å². The Morgan fingerprint density at radius 2 is 2.17 bits per heavy atom. The van der Waals surface area contributed by atoms with Crippen molar-refractivity contribution >= 4 is 17.2 Å². The zero-order valence-electron chi connectivity index (χ0n) is 13.7. The summed E-state index contributed by atoms with van der Waals surface area (Å²) in [6, 6.07) is 2.69. The van der Waals surface area contributed by atoms with E-state index in [4.69, 9.17) is 5.26 Å². The standard InChI is InChI=1S/C17H20N6S/c1-22(12-16-19-4-7-24-16)14-8-17(14)2-5-23(6-3-17)15-11-20-13(9-18)10-21-15/h4,7,10-11,14H,2-3,5-6,8,12H2,1H3/t14-/m1/s1. The van der Waals surface area contributed by atoms with Crippen molar-refractivity contribution in [2.75, 3.05) is 25.0 Å². The van der Waals surface area contributed by atoms with Crippen molar-refractivity contribution in [1.29, 1.82) is 5.26 Å². The summed E-state index contributed by atoms with van der Waals surface area (Å²) >= 11 is 1.73. The number of thiazole rings is 1. The van der Waals surface area contributed by atoms with Crippen LogP contribution in [-0.4, -0.2) is 46.0 Å². The Hall–Kier alpha value is -2.04. The largest absolute Gasteiger partial charge is 0.355 e. The topological polar surface area (TPSA) is 68.9 Å². The lowest BCUT2D eigenvalue weighted by molar-refractivity contribution is 0.238. The van der Waals surface area contributed by atoms with Gasteiger partial charge in [-0.05, 0) is 31.7 Å². The van der Waals surface area contributed by atoms with Crippen molar-refractivity contribution in [2.24, 2.45) is 5.41 Å². The minimum atomic E-state index is 0.373. The Balaban J connectivity index is 1.34. The maximum absolute atomic E-state index is 8.81. The van der Waals surface area contributed by atoms with Crippen LogP contribution in [0.3, 0.4) is 0 Å². The van der Waals surface area contributed by atoms with E-state index in [-0.39, 0.29) is 0 Å². The first kappa shape index (κ1) is 15.5. The van der Waals surface area contributed by atoms with Gasteiger partial charge in [0, 0.05) is 30.7 Å². The second-order valence-corrected chi connectivity index (χ2v) is 7.76. The van der Waals surface area contributed by atoms with Gasteiger partial charge < -0.3 is 4.90 Å². The third-order valence-electron chi connectivity index (χ3n) is 5.38. The fraction of sp³-hybridized carbons (Fsp3) is 0.529. The Kier molecular flexibility index (Phi) is 3.94. The third kappa shape index (κ3) is 2.87. The van der Waals surface area contributed by atoms with E-state index in [1.54, 1.807) is 23.7 Å². The smallest absolute Gasteiger partial charge is 0.158 e. The van der Waals surface area contributed by atoms with Crippen LogP contribution < -0.4 is 4.90 Å². The summed E-state index contributed by atoms with van der Waals surface area (Å²) in [5.41, 5.74) is 0.848. The van der Waals surface area contributed by atoms with Crippen molar-refractivity contribution in [3.8, 4) is 6.07 Å². The molecule has 7 heteroatoms. The Morgan fingerprint density at radius 3 is 2.79 bits per heavy atom. The molecule has 2 aromatic rings. The number of hydrogen-bond donors (Lipinski definition) is 0. The molecule has 124 valence electrons. The molecule has 0 bridgehead atoms. The van der Waals surface area contributed by atoms with Crippen LogP contribution in [0.15, 0.2) is 24.0 Å². The maximum Gasteiger partial charge on any atom is 0.158 e. The second kappa shape index (κ2) is 6.11. The van der Waals surface area contributed by atoms with Crippen LogP contribution in [0.5, 0.6) is 0 Å². The highest BCUT2D eigenvalue weighted by Crippen LogP contribution is 2.56. The highest BCUT2D eigenvalue weighted by Gasteiger charge is 2.56. The SMILES string of the molecule is CN(Cc1nccs1)[C@@H]1CC12CCN(c1cnc(C#N)cn1)CC2. The van der Waals surface area contributed by atoms with Crippen LogP contribution in [0.1, 0.15) is 30.0 Å². The van der Waals surface area contributed by atoms with Gasteiger partial charge in [0.15, 0.2) is 5.69 Å². The molecule has 1 saturated heterocycles. The highest BCUT2D eigenvalue weighted by molar-refractivity contribution is 7.09. The van der Waals surface area contributed by atoms with Crippen LogP contribution in [0, 0.1) is 16.7 Å². The average Bonchev–Trinajstić information content (AvgIpc) is 3.07. The van der Waals surface area contributed by atoms with Gasteiger partial charge in [0.1, 0.15) is 16.9 Å². The van der Waals surface area contributed by atoms with E-state index in [1.165, 1.54) is 24.3 Å². The number of rotatable bonds is 4. The Bertz CT molecular complexity index is 727. The van der Waals surface area contributed by atoms with E-state index in [0.29, 0.717) is 17.2 Å². The van der Waals surface area contributed by atoms with E-state index in [2.05, 4.69) is 31.8 Å². The molecule has 3 heterocycles. The average molecular weight is 340 g/mol. The molecule has 0 N–H and O–H groups in total. The van der Waals surface area contributed by atoms with E-state index < -0.39 is 0 Å². The first-order valence-electron chi connectivity index (χ1n) is 8.26. The lowest BCUT2D eigenvalue weighted by Gasteiger charge is -2.34. The fourth-order valence-electron chi connectivity index (χ4n) is 3.86. The first-order valence-corrected chi connectivity index (χ1v) is 9.14. The number of hydrogen-bond acceptors (Lipinski definition) is 7. The van der Waals surface area contributed by atoms with Gasteiger partial charge >= 0.3 is 0 Å². The number of nitrogens with zero attached hydrogens (tertiary/aromatic N) is 6. The van der Waals surface area contributed by atoms with E-state index >= 15 is 0 Å². The predicted molar refractivity (Wildman–Crippen MR) is 92.6 cm³/mol. The molecule has 0 amide bonds. The number of nitriles is 1. The van der Waals surface area contributed by atoms with E-state index in [0.717, 1.165) is 25.5 Å². The van der Waals surface area contributed by atoms with E-state index in [1.807, 2.05) is 17.6 Å². The maximum atomic E-state index is 8.81. The van der Waals surface area contributed by atoms with Crippen LogP contribution in [0.2, 0.25) is 0 Å². The molecule has 1 spiro atoms. The summed E-state index contributed by atoms with van der Waals surface area (Å²) in [5, 5.41) is 12.1. The van der Waals surface area contributed by atoms with Gasteiger partial charge in [-0.1, -0.05) is 0 Å². The predicted octanol–water partition coefficient (Wildman–Crippen LogP) is 2.30. The summed E-state index contributed by atoms with van der Waals surface area (Å²) in [7, 11) is 2.22. The van der Waals surface area contributed by atoms with Crippen molar-refractivity contribution in [3.05, 3.63) is 34.7 Å². The quantitative estimate of drug-likeness (QED) is 0.851. The normalized spacial score (nSPS) is 21.9. The molecule has 1 atom stereocenters. The molecule has 4 rings (SSSR count). The minimum absolute atomic E-state index is 0.373. The van der Waals surface area contributed by atoms with Gasteiger partial charge in [-0.3, -0.25) is 4.90 Å². The van der Waals surface area contributed by atoms with Gasteiger partial charge in [0.25, 0.3) is 0 Å². The molecule has 1 saturated carbocycles. The summed E-state index contributed by atoms with van der Waals surface area (Å²) in [6.45, 7) is 2.99. The molecular formula is C17H20N6S. The number of anilines is 1. The van der Waals surface area contributed by atoms with Crippen LogP contribution in [0.4, 0.5) is 5.82 Å². The monoisotopic (exact) mass is 340 g/mol. The molecule has 6 nitrogen and oxygen atoms in total. The van der Waals surface area contributed by atoms with Crippen molar-refractivity contribution < 1.29 is 0 Å². The molecule has 1 aliphatic heterocycles. The summed E-state index contributed by atoms with van der Waals surface area (Å²) in [6.07, 6.45) is 8.84. The number of aromatic nitrogens is 3. The molecule has 2 fully saturated rings. The van der Waals surface area contributed by atoms with Gasteiger partial charge in [0.2, 0.25) is 0 Å². The molecule has 2 aliphatic rings. The molecular weight excluding hydrogens is 320 g/mol. The fourth-order valence-corrected chi connectivity index (χ4v) is 4.54. The lowest BCUT2D eigenvalue weighted by Crippen LogP contribution is -2.38. The van der Waals surface area contributed by atoms with Gasteiger partial charge in [-0.15, -0.1) is 11.3 Å². The minimum Gasteiger partial charge on any atom is -0.355 e. The molecule has 0 radical (unpaired) electrons. The highest BCUT2D eigenvalue weighted by atomic mass is 32.1. The van der Waals surface area contributed by atoms with Gasteiger partial charge in [-0.2, -0.15) is 5.26 Å². The van der Waals surface area contributed by atoms with Crippen LogP contribution in [-0.2, 0) is 6.54 Å². The molecule has 1 aliphatic carbocycles. The Morgan fingerprint density at radius 1 is 1.33 bits per heavy atom. The Labute approximate surface area is 145 Å². The third-order valence-corrected chi connectivity index (χ3v) is 6.15. The number of piperidine rings is 1. The van der Waals surface area contributed by atoms with Crippen molar-refractivity contribution in [2.45, 2.75) is 31.8 Å². The molecule has 0 unspecified atom stereocenters. The summed E-state index contributed by atoms with van der Waals surface area (Å²) < 4.78 is 0. The molecule has 24 heavy (non-hydrogen) atoms. The summed E-state index contributed by atoms with van der Waals surface area (Å²) in [5.74, 6) is 0.886. The van der Waals surface area contributed by atoms with Gasteiger partial charge in [-0.25, -0.2) is 15.0 Å². The zero-order valence-corrected chi connectivity index (χ0v) is 14.5. The first-order chi connectivity index (χ1) is 11.7. The van der Waals surface area contributed by atoms with Gasteiger partial charge in [0.05, 0.1) is 18.9 Å². The zero-order chi connectivity index (χ0) is 16.6. The lowest BCUT2D eigenvalue weighted by atomic mass is 9.92. The molecule has 2 aromatic heterocycles. The van der Waals surface area contributed by atoms with Crippen LogP contribution in [0.25, 0.3) is 0 Å².